The lowest BCUT2D eigenvalue weighted by Crippen LogP contribution is -1.97. The van der Waals surface area contributed by atoms with Gasteiger partial charge in [0.05, 0.1) is 4.92 Å². The van der Waals surface area contributed by atoms with Crippen molar-refractivity contribution in [1.82, 2.24) is 5.16 Å². The molecule has 0 atom stereocenters. The van der Waals surface area contributed by atoms with Crippen molar-refractivity contribution in [3.8, 4) is 5.75 Å². The van der Waals surface area contributed by atoms with E-state index in [1.54, 1.807) is 0 Å². The van der Waals surface area contributed by atoms with Crippen LogP contribution in [-0.2, 0) is 6.61 Å². The van der Waals surface area contributed by atoms with Gasteiger partial charge in [-0.25, -0.2) is 4.79 Å². The molecule has 0 unspecified atom stereocenters. The Morgan fingerprint density at radius 1 is 1.50 bits per heavy atom. The number of benzene rings is 1. The van der Waals surface area contributed by atoms with E-state index in [1.807, 2.05) is 0 Å². The Labute approximate surface area is 110 Å². The number of rotatable bonds is 5. The molecule has 104 valence electrons. The van der Waals surface area contributed by atoms with Crippen LogP contribution in [0.15, 0.2) is 28.8 Å². The Bertz CT molecular complexity index is 669. The number of nitro benzene ring substituents is 1. The van der Waals surface area contributed by atoms with Crippen LogP contribution in [0.1, 0.15) is 16.2 Å². The van der Waals surface area contributed by atoms with Gasteiger partial charge in [0, 0.05) is 18.2 Å². The van der Waals surface area contributed by atoms with Gasteiger partial charge in [-0.05, 0) is 6.07 Å². The average Bonchev–Trinajstić information content (AvgIpc) is 2.85. The minimum absolute atomic E-state index is 0.0429. The third kappa shape index (κ3) is 2.88. The van der Waals surface area contributed by atoms with Gasteiger partial charge in [0.25, 0.3) is 0 Å². The molecule has 2 aromatic rings. The Balaban J connectivity index is 2.05. The monoisotopic (exact) mass is 282 g/mol. The van der Waals surface area contributed by atoms with E-state index in [0.29, 0.717) is 0 Å². The lowest BCUT2D eigenvalue weighted by Gasteiger charge is -2.03. The summed E-state index contributed by atoms with van der Waals surface area (Å²) in [5, 5.41) is 22.3. The maximum Gasteiger partial charge on any atom is 0.358 e. The maximum absolute atomic E-state index is 13.3. The van der Waals surface area contributed by atoms with Gasteiger partial charge in [0.2, 0.25) is 5.82 Å². The highest BCUT2D eigenvalue weighted by molar-refractivity contribution is 5.85. The summed E-state index contributed by atoms with van der Waals surface area (Å²) in [4.78, 5) is 20.1. The maximum atomic E-state index is 13.3. The fourth-order valence-electron chi connectivity index (χ4n) is 1.36. The Kier molecular flexibility index (Phi) is 3.60. The number of nitro groups is 1. The molecule has 0 aliphatic carbocycles. The van der Waals surface area contributed by atoms with Gasteiger partial charge in [0.1, 0.15) is 12.4 Å². The normalized spacial score (nSPS) is 10.2. The van der Waals surface area contributed by atoms with Gasteiger partial charge in [-0.3, -0.25) is 10.1 Å². The highest BCUT2D eigenvalue weighted by Gasteiger charge is 2.15. The van der Waals surface area contributed by atoms with Gasteiger partial charge < -0.3 is 14.4 Å². The van der Waals surface area contributed by atoms with E-state index in [4.69, 9.17) is 9.84 Å². The standard InChI is InChI=1S/C11H7FN2O6/c12-8-3-6(1-2-10(8)14(17)18)19-5-7-4-9(11(15)16)13-20-7/h1-4H,5H2,(H,15,16). The van der Waals surface area contributed by atoms with Gasteiger partial charge >= 0.3 is 11.7 Å². The molecule has 0 aliphatic heterocycles. The predicted octanol–water partition coefficient (Wildman–Crippen LogP) is 2.00. The van der Waals surface area contributed by atoms with E-state index in [1.165, 1.54) is 6.07 Å². The fourth-order valence-corrected chi connectivity index (χ4v) is 1.36. The molecule has 1 heterocycles. The minimum Gasteiger partial charge on any atom is -0.485 e. The van der Waals surface area contributed by atoms with E-state index in [2.05, 4.69) is 9.68 Å². The van der Waals surface area contributed by atoms with Crippen LogP contribution in [0.5, 0.6) is 5.75 Å². The number of aromatic carboxylic acids is 1. The summed E-state index contributed by atoms with van der Waals surface area (Å²) in [5.41, 5.74) is -0.941. The van der Waals surface area contributed by atoms with Crippen LogP contribution in [0, 0.1) is 15.9 Å². The molecule has 0 fully saturated rings. The van der Waals surface area contributed by atoms with Crippen LogP contribution in [0.3, 0.4) is 0 Å². The van der Waals surface area contributed by atoms with Gasteiger partial charge in [-0.15, -0.1) is 0 Å². The zero-order chi connectivity index (χ0) is 14.7. The van der Waals surface area contributed by atoms with Crippen molar-refractivity contribution in [2.24, 2.45) is 0 Å². The topological polar surface area (TPSA) is 116 Å². The summed E-state index contributed by atoms with van der Waals surface area (Å²) in [6.07, 6.45) is 0. The van der Waals surface area contributed by atoms with Crippen LogP contribution in [0.4, 0.5) is 10.1 Å². The molecule has 0 amide bonds. The molecule has 9 heteroatoms. The molecule has 8 nitrogen and oxygen atoms in total. The average molecular weight is 282 g/mol. The summed E-state index contributed by atoms with van der Waals surface area (Å²) in [7, 11) is 0. The van der Waals surface area contributed by atoms with Crippen molar-refractivity contribution in [2.75, 3.05) is 0 Å². The number of halogens is 1. The molecule has 20 heavy (non-hydrogen) atoms. The highest BCUT2D eigenvalue weighted by atomic mass is 19.1. The van der Waals surface area contributed by atoms with Crippen LogP contribution in [-0.4, -0.2) is 21.2 Å². The third-order valence-electron chi connectivity index (χ3n) is 2.28. The Morgan fingerprint density at radius 2 is 2.25 bits per heavy atom. The van der Waals surface area contributed by atoms with Crippen molar-refractivity contribution in [1.29, 1.82) is 0 Å². The highest BCUT2D eigenvalue weighted by Crippen LogP contribution is 2.23. The second kappa shape index (κ2) is 5.34. The first-order valence-corrected chi connectivity index (χ1v) is 5.23. The van der Waals surface area contributed by atoms with Crippen molar-refractivity contribution < 1.29 is 28.5 Å². The molecule has 2 rings (SSSR count). The van der Waals surface area contributed by atoms with Crippen LogP contribution in [0.25, 0.3) is 0 Å². The number of carboxylic acids is 1. The van der Waals surface area contributed by atoms with Crippen LogP contribution in [0.2, 0.25) is 0 Å². The first kappa shape index (κ1) is 13.5. The largest absolute Gasteiger partial charge is 0.485 e. The fraction of sp³-hybridized carbons (Fsp3) is 0.0909. The molecule has 0 radical (unpaired) electrons. The number of nitrogens with zero attached hydrogens (tertiary/aromatic N) is 2. The number of hydrogen-bond acceptors (Lipinski definition) is 6. The van der Waals surface area contributed by atoms with Gasteiger partial charge in [-0.2, -0.15) is 4.39 Å². The van der Waals surface area contributed by atoms with Crippen molar-refractivity contribution in [3.05, 3.63) is 51.7 Å². The second-order valence-corrected chi connectivity index (χ2v) is 3.64. The molecule has 1 aromatic heterocycles. The SMILES string of the molecule is O=C(O)c1cc(COc2ccc([N+](=O)[O-])c(F)c2)on1. The smallest absolute Gasteiger partial charge is 0.358 e. The minimum atomic E-state index is -1.25. The summed E-state index contributed by atoms with van der Waals surface area (Å²) in [6.45, 7) is -0.183. The zero-order valence-electron chi connectivity index (χ0n) is 9.78. The Hall–Kier alpha value is -2.97. The number of ether oxygens (including phenoxy) is 1. The third-order valence-corrected chi connectivity index (χ3v) is 2.28. The molecular formula is C11H7FN2O6. The Morgan fingerprint density at radius 3 is 2.80 bits per heavy atom. The van der Waals surface area contributed by atoms with Crippen molar-refractivity contribution >= 4 is 11.7 Å². The quantitative estimate of drug-likeness (QED) is 0.658. The van der Waals surface area contributed by atoms with Crippen molar-refractivity contribution in [3.63, 3.8) is 0 Å². The second-order valence-electron chi connectivity index (χ2n) is 3.64. The zero-order valence-corrected chi connectivity index (χ0v) is 9.78. The summed E-state index contributed by atoms with van der Waals surface area (Å²) in [6, 6.07) is 4.19. The molecule has 0 saturated carbocycles. The van der Waals surface area contributed by atoms with E-state index < -0.39 is 22.4 Å². The van der Waals surface area contributed by atoms with Gasteiger partial charge in [0.15, 0.2) is 11.5 Å². The summed E-state index contributed by atoms with van der Waals surface area (Å²) in [5.74, 6) is -2.11. The number of hydrogen-bond donors (Lipinski definition) is 1. The molecule has 1 aromatic carbocycles. The molecule has 0 aliphatic rings. The predicted molar refractivity (Wildman–Crippen MR) is 60.8 cm³/mol. The first-order chi connectivity index (χ1) is 9.47. The molecular weight excluding hydrogens is 275 g/mol. The van der Waals surface area contributed by atoms with Crippen LogP contribution >= 0.6 is 0 Å². The lowest BCUT2D eigenvalue weighted by atomic mass is 10.3. The van der Waals surface area contributed by atoms with E-state index in [0.717, 1.165) is 18.2 Å². The van der Waals surface area contributed by atoms with E-state index >= 15 is 0 Å². The van der Waals surface area contributed by atoms with E-state index in [-0.39, 0.29) is 23.8 Å². The lowest BCUT2D eigenvalue weighted by molar-refractivity contribution is -0.387. The molecule has 1 N–H and O–H groups in total. The van der Waals surface area contributed by atoms with E-state index in [9.17, 15) is 19.3 Å². The van der Waals surface area contributed by atoms with Crippen molar-refractivity contribution in [2.45, 2.75) is 6.61 Å². The summed E-state index contributed by atoms with van der Waals surface area (Å²) < 4.78 is 23.1. The molecule has 0 bridgehead atoms. The van der Waals surface area contributed by atoms with Crippen LogP contribution < -0.4 is 4.74 Å². The number of aromatic nitrogens is 1. The van der Waals surface area contributed by atoms with Gasteiger partial charge in [-0.1, -0.05) is 5.16 Å². The molecule has 0 saturated heterocycles. The molecule has 0 spiro atoms. The first-order valence-electron chi connectivity index (χ1n) is 5.23. The number of carbonyl (C=O) groups is 1. The summed E-state index contributed by atoms with van der Waals surface area (Å²) >= 11 is 0. The number of carboxylic acid groups (broad SMARTS) is 1.